The first-order valence-electron chi connectivity index (χ1n) is 8.61. The van der Waals surface area contributed by atoms with Gasteiger partial charge in [-0.3, -0.25) is 9.69 Å². The monoisotopic (exact) mass is 318 g/mol. The van der Waals surface area contributed by atoms with Crippen molar-refractivity contribution in [3.05, 3.63) is 17.7 Å². The summed E-state index contributed by atoms with van der Waals surface area (Å²) < 4.78 is 8.32. The van der Waals surface area contributed by atoms with Crippen LogP contribution in [0.1, 0.15) is 38.2 Å². The van der Waals surface area contributed by atoms with Gasteiger partial charge in [0.1, 0.15) is 5.82 Å². The van der Waals surface area contributed by atoms with E-state index in [1.807, 2.05) is 18.5 Å². The Balaban J connectivity index is 1.58. The maximum atomic E-state index is 12.6. The van der Waals surface area contributed by atoms with Crippen LogP contribution in [0.3, 0.4) is 0 Å². The van der Waals surface area contributed by atoms with E-state index in [1.54, 1.807) is 0 Å². The number of hydrogen-bond donors (Lipinski definition) is 0. The number of aryl methyl sites for hydroxylation is 2. The zero-order valence-electron chi connectivity index (χ0n) is 14.5. The number of hydrogen-bond acceptors (Lipinski definition) is 4. The largest absolute Gasteiger partial charge is 0.352 e. The summed E-state index contributed by atoms with van der Waals surface area (Å²) in [6, 6.07) is 0.394. The summed E-state index contributed by atoms with van der Waals surface area (Å²) in [5.74, 6) is 1.72. The molecular formula is C17H26N4O2. The summed E-state index contributed by atoms with van der Waals surface area (Å²) in [5, 5.41) is 0. The molecule has 0 aromatic carbocycles. The minimum Gasteiger partial charge on any atom is -0.352 e. The number of nitrogens with zero attached hydrogens (tertiary/aromatic N) is 4. The predicted molar refractivity (Wildman–Crippen MR) is 85.5 cm³/mol. The Morgan fingerprint density at radius 2 is 2.26 bits per heavy atom. The van der Waals surface area contributed by atoms with Crippen molar-refractivity contribution in [2.75, 3.05) is 13.2 Å². The van der Waals surface area contributed by atoms with Crippen molar-refractivity contribution in [1.29, 1.82) is 0 Å². The number of carbonyl (C=O) groups excluding carboxylic acids is 1. The van der Waals surface area contributed by atoms with Gasteiger partial charge in [0.15, 0.2) is 5.72 Å². The SMILES string of the molecule is Cc1nc(CN2CC[C@@]34OC[C@@H](C(C)C)N3C(=O)C[C@@H]24)cn1C. The second kappa shape index (κ2) is 5.05. The first kappa shape index (κ1) is 15.1. The van der Waals surface area contributed by atoms with Crippen LogP contribution in [0.15, 0.2) is 6.20 Å². The Labute approximate surface area is 137 Å². The molecule has 1 amide bonds. The van der Waals surface area contributed by atoms with Crippen molar-refractivity contribution in [3.63, 3.8) is 0 Å². The lowest BCUT2D eigenvalue weighted by Crippen LogP contribution is -2.50. The van der Waals surface area contributed by atoms with E-state index in [0.717, 1.165) is 31.0 Å². The Hall–Kier alpha value is -1.40. The molecule has 0 N–H and O–H groups in total. The number of amides is 1. The first-order chi connectivity index (χ1) is 10.9. The summed E-state index contributed by atoms with van der Waals surface area (Å²) in [7, 11) is 2.02. The van der Waals surface area contributed by atoms with Gasteiger partial charge in [0.25, 0.3) is 0 Å². The van der Waals surface area contributed by atoms with Crippen molar-refractivity contribution in [3.8, 4) is 0 Å². The second-order valence-corrected chi connectivity index (χ2v) is 7.56. The van der Waals surface area contributed by atoms with Crippen LogP contribution in [0.25, 0.3) is 0 Å². The van der Waals surface area contributed by atoms with Gasteiger partial charge < -0.3 is 14.2 Å². The van der Waals surface area contributed by atoms with Gasteiger partial charge in [-0.25, -0.2) is 4.98 Å². The molecule has 0 radical (unpaired) electrons. The van der Waals surface area contributed by atoms with Crippen molar-refractivity contribution in [2.45, 2.75) is 58.0 Å². The van der Waals surface area contributed by atoms with Gasteiger partial charge >= 0.3 is 0 Å². The third-order valence-electron chi connectivity index (χ3n) is 5.89. The molecule has 3 saturated heterocycles. The molecule has 0 unspecified atom stereocenters. The van der Waals surface area contributed by atoms with E-state index in [1.165, 1.54) is 0 Å². The van der Waals surface area contributed by atoms with Crippen LogP contribution in [-0.2, 0) is 23.1 Å². The Morgan fingerprint density at radius 1 is 1.48 bits per heavy atom. The van der Waals surface area contributed by atoms with Crippen LogP contribution in [-0.4, -0.2) is 56.2 Å². The van der Waals surface area contributed by atoms with Gasteiger partial charge in [0.05, 0.1) is 24.4 Å². The molecule has 23 heavy (non-hydrogen) atoms. The number of ether oxygens (including phenoxy) is 1. The molecule has 1 spiro atoms. The van der Waals surface area contributed by atoms with E-state index in [2.05, 4.69) is 34.8 Å². The zero-order chi connectivity index (χ0) is 16.4. The third-order valence-corrected chi connectivity index (χ3v) is 5.89. The first-order valence-corrected chi connectivity index (χ1v) is 8.61. The Kier molecular flexibility index (Phi) is 3.32. The smallest absolute Gasteiger partial charge is 0.226 e. The van der Waals surface area contributed by atoms with E-state index in [0.29, 0.717) is 18.9 Å². The topological polar surface area (TPSA) is 50.6 Å². The normalized spacial score (nSPS) is 33.8. The van der Waals surface area contributed by atoms with Gasteiger partial charge in [-0.15, -0.1) is 0 Å². The molecule has 0 saturated carbocycles. The molecule has 6 nitrogen and oxygen atoms in total. The zero-order valence-corrected chi connectivity index (χ0v) is 14.5. The highest BCUT2D eigenvalue weighted by molar-refractivity contribution is 5.82. The van der Waals surface area contributed by atoms with E-state index in [4.69, 9.17) is 4.74 Å². The lowest BCUT2D eigenvalue weighted by Gasteiger charge is -2.34. The van der Waals surface area contributed by atoms with Crippen molar-refractivity contribution < 1.29 is 9.53 Å². The van der Waals surface area contributed by atoms with Gasteiger partial charge in [0.2, 0.25) is 5.91 Å². The quantitative estimate of drug-likeness (QED) is 0.843. The Morgan fingerprint density at radius 3 is 2.91 bits per heavy atom. The van der Waals surface area contributed by atoms with Crippen molar-refractivity contribution >= 4 is 5.91 Å². The van der Waals surface area contributed by atoms with Gasteiger partial charge in [0, 0.05) is 39.2 Å². The third kappa shape index (κ3) is 2.08. The minimum absolute atomic E-state index is 0.168. The molecule has 6 heteroatoms. The standard InChI is InChI=1S/C17H26N4O2/c1-11(2)14-10-23-17-5-6-20(15(17)7-16(22)21(14)17)9-13-8-19(4)12(3)18-13/h8,11,14-15H,5-7,9-10H2,1-4H3/t14-,15+,17-/m0/s1. The summed E-state index contributed by atoms with van der Waals surface area (Å²) >= 11 is 0. The fraction of sp³-hybridized carbons (Fsp3) is 0.765. The molecule has 126 valence electrons. The molecule has 1 aromatic rings. The van der Waals surface area contributed by atoms with Crippen LogP contribution in [0, 0.1) is 12.8 Å². The van der Waals surface area contributed by atoms with Gasteiger partial charge in [-0.2, -0.15) is 0 Å². The number of aromatic nitrogens is 2. The number of likely N-dealkylation sites (tertiary alicyclic amines) is 1. The predicted octanol–water partition coefficient (Wildman–Crippen LogP) is 1.29. The van der Waals surface area contributed by atoms with Crippen molar-refractivity contribution in [2.24, 2.45) is 13.0 Å². The fourth-order valence-electron chi connectivity index (χ4n) is 4.56. The van der Waals surface area contributed by atoms with Crippen molar-refractivity contribution in [1.82, 2.24) is 19.4 Å². The number of imidazole rings is 1. The highest BCUT2D eigenvalue weighted by Crippen LogP contribution is 2.49. The molecular weight excluding hydrogens is 292 g/mol. The van der Waals surface area contributed by atoms with Crippen LogP contribution in [0.2, 0.25) is 0 Å². The van der Waals surface area contributed by atoms with Crippen LogP contribution in [0.5, 0.6) is 0 Å². The summed E-state index contributed by atoms with van der Waals surface area (Å²) in [5.41, 5.74) is 0.696. The molecule has 4 rings (SSSR count). The maximum absolute atomic E-state index is 12.6. The summed E-state index contributed by atoms with van der Waals surface area (Å²) in [4.78, 5) is 21.7. The van der Waals surface area contributed by atoms with Crippen LogP contribution < -0.4 is 0 Å². The second-order valence-electron chi connectivity index (χ2n) is 7.56. The highest BCUT2D eigenvalue weighted by Gasteiger charge is 2.64. The molecule has 3 atom stereocenters. The highest BCUT2D eigenvalue weighted by atomic mass is 16.5. The molecule has 0 aliphatic carbocycles. The van der Waals surface area contributed by atoms with Gasteiger partial charge in [-0.1, -0.05) is 13.8 Å². The molecule has 0 bridgehead atoms. The number of carbonyl (C=O) groups is 1. The van der Waals surface area contributed by atoms with E-state index >= 15 is 0 Å². The lowest BCUT2D eigenvalue weighted by molar-refractivity contribution is -0.139. The van der Waals surface area contributed by atoms with E-state index in [9.17, 15) is 4.79 Å². The number of rotatable bonds is 3. The van der Waals surface area contributed by atoms with E-state index < -0.39 is 0 Å². The molecule has 3 fully saturated rings. The molecule has 3 aliphatic heterocycles. The fourth-order valence-corrected chi connectivity index (χ4v) is 4.56. The molecule has 1 aromatic heterocycles. The van der Waals surface area contributed by atoms with E-state index in [-0.39, 0.29) is 23.7 Å². The lowest BCUT2D eigenvalue weighted by atomic mass is 10.0. The molecule has 4 heterocycles. The van der Waals surface area contributed by atoms with Gasteiger partial charge in [-0.05, 0) is 12.8 Å². The maximum Gasteiger partial charge on any atom is 0.226 e. The summed E-state index contributed by atoms with van der Waals surface area (Å²) in [6.07, 6.45) is 3.58. The average Bonchev–Trinajstić information content (AvgIpc) is 3.16. The van der Waals surface area contributed by atoms with Crippen LogP contribution in [0.4, 0.5) is 0 Å². The summed E-state index contributed by atoms with van der Waals surface area (Å²) in [6.45, 7) is 8.81. The van der Waals surface area contributed by atoms with Crippen LogP contribution >= 0.6 is 0 Å². The minimum atomic E-state index is -0.379. The molecule has 3 aliphatic rings. The average molecular weight is 318 g/mol. The Bertz CT molecular complexity index is 621.